The normalized spacial score (nSPS) is 16.0. The van der Waals surface area contributed by atoms with E-state index < -0.39 is 16.9 Å². The number of aryl methyl sites for hydroxylation is 1. The first kappa shape index (κ1) is 26.3. The lowest BCUT2D eigenvalue weighted by Crippen LogP contribution is -2.39. The fraction of sp³-hybridized carbons (Fsp3) is 0.207. The molecule has 2 aliphatic heterocycles. The van der Waals surface area contributed by atoms with Gasteiger partial charge in [0.05, 0.1) is 33.4 Å². The highest BCUT2D eigenvalue weighted by Crippen LogP contribution is 2.38. The van der Waals surface area contributed by atoms with Crippen LogP contribution < -0.4 is 24.4 Å². The Hall–Kier alpha value is -4.97. The second-order valence-corrected chi connectivity index (χ2v) is 10.4. The van der Waals surface area contributed by atoms with Crippen LogP contribution in [0.1, 0.15) is 36.8 Å². The predicted octanol–water partition coefficient (Wildman–Crippen LogP) is 4.00. The molecule has 0 fully saturated rings. The molecule has 0 saturated heterocycles. The van der Waals surface area contributed by atoms with Gasteiger partial charge in [-0.25, -0.2) is 9.79 Å². The zero-order valence-electron chi connectivity index (χ0n) is 22.2. The van der Waals surface area contributed by atoms with E-state index in [0.29, 0.717) is 49.2 Å². The summed E-state index contributed by atoms with van der Waals surface area (Å²) < 4.78 is 24.1. The monoisotopic (exact) mass is 573 g/mol. The second-order valence-electron chi connectivity index (χ2n) is 9.37. The van der Waals surface area contributed by atoms with Crippen molar-refractivity contribution < 1.29 is 28.3 Å². The van der Waals surface area contributed by atoms with E-state index in [4.69, 9.17) is 18.6 Å². The number of esters is 1. The average molecular weight is 574 g/mol. The second kappa shape index (κ2) is 10.2. The number of nitrogens with zero attached hydrogens (tertiary/aromatic N) is 3. The van der Waals surface area contributed by atoms with E-state index in [1.807, 2.05) is 6.92 Å². The average Bonchev–Trinajstić information content (AvgIpc) is 3.67. The molecule has 0 amide bonds. The number of nitro groups is 1. The summed E-state index contributed by atoms with van der Waals surface area (Å²) in [6, 6.07) is 12.4. The largest absolute Gasteiger partial charge is 0.463 e. The summed E-state index contributed by atoms with van der Waals surface area (Å²) in [5, 5.41) is 11.3. The Labute approximate surface area is 236 Å². The van der Waals surface area contributed by atoms with Crippen molar-refractivity contribution in [3.63, 3.8) is 0 Å². The van der Waals surface area contributed by atoms with E-state index in [1.165, 1.54) is 16.7 Å². The smallest absolute Gasteiger partial charge is 0.338 e. The number of furan rings is 1. The quantitative estimate of drug-likeness (QED) is 0.192. The summed E-state index contributed by atoms with van der Waals surface area (Å²) in [4.78, 5) is 42.8. The third-order valence-electron chi connectivity index (χ3n) is 6.83. The Morgan fingerprint density at radius 3 is 2.76 bits per heavy atom. The molecule has 2 aromatic carbocycles. The van der Waals surface area contributed by atoms with Gasteiger partial charge in [0.1, 0.15) is 11.5 Å². The molecular weight excluding hydrogens is 550 g/mol. The summed E-state index contributed by atoms with van der Waals surface area (Å²) in [5.41, 5.74) is 2.31. The van der Waals surface area contributed by atoms with E-state index in [2.05, 4.69) is 4.99 Å². The van der Waals surface area contributed by atoms with Crippen molar-refractivity contribution >= 4 is 29.1 Å². The molecule has 12 heteroatoms. The van der Waals surface area contributed by atoms with Gasteiger partial charge in [-0.1, -0.05) is 23.5 Å². The Morgan fingerprint density at radius 2 is 1.98 bits per heavy atom. The minimum atomic E-state index is -0.804. The SMILES string of the molecule is CCOC(=O)C1=C(C)N=c2s/c(=C\c3ccc(-c4cc([N+](=O)[O-])ccc4C)o3)c(=O)n2[C@H]1c1ccc2c(c1)OCO2. The standard InChI is InChI=1S/C29H23N3O8S/c1-4-37-28(34)25-16(3)30-29-31(26(25)17-6-9-22-23(11-17)39-14-38-22)27(33)24(41-29)13-19-8-10-21(40-19)20-12-18(32(35)36)7-5-15(20)2/h5-13,26H,4,14H2,1-3H3/b24-13-/t26-/m0/s1. The van der Waals surface area contributed by atoms with Gasteiger partial charge in [0.15, 0.2) is 16.3 Å². The van der Waals surface area contributed by atoms with Gasteiger partial charge in [-0.15, -0.1) is 0 Å². The number of hydrogen-bond donors (Lipinski definition) is 0. The number of hydrogen-bond acceptors (Lipinski definition) is 10. The predicted molar refractivity (Wildman–Crippen MR) is 148 cm³/mol. The van der Waals surface area contributed by atoms with Gasteiger partial charge < -0.3 is 18.6 Å². The zero-order chi connectivity index (χ0) is 28.8. The lowest BCUT2D eigenvalue weighted by atomic mass is 9.95. The van der Waals surface area contributed by atoms with Gasteiger partial charge in [0.2, 0.25) is 6.79 Å². The Morgan fingerprint density at radius 1 is 1.17 bits per heavy atom. The number of non-ortho nitro benzene ring substituents is 1. The minimum Gasteiger partial charge on any atom is -0.463 e. The molecule has 0 bridgehead atoms. The molecule has 6 rings (SSSR count). The Bertz CT molecular complexity index is 1950. The summed E-state index contributed by atoms with van der Waals surface area (Å²) >= 11 is 1.16. The number of ether oxygens (including phenoxy) is 3. The van der Waals surface area contributed by atoms with Gasteiger partial charge >= 0.3 is 5.97 Å². The first-order chi connectivity index (χ1) is 19.7. The Balaban J connectivity index is 1.47. The molecule has 0 saturated carbocycles. The third kappa shape index (κ3) is 4.61. The number of nitro benzene ring substituents is 1. The maximum absolute atomic E-state index is 13.9. The van der Waals surface area contributed by atoms with Gasteiger partial charge in [0, 0.05) is 23.8 Å². The van der Waals surface area contributed by atoms with Crippen LogP contribution in [-0.4, -0.2) is 28.9 Å². The van der Waals surface area contributed by atoms with Gasteiger partial charge in [0.25, 0.3) is 11.2 Å². The van der Waals surface area contributed by atoms with Crippen LogP contribution in [0.4, 0.5) is 5.69 Å². The lowest BCUT2D eigenvalue weighted by molar-refractivity contribution is -0.384. The Kier molecular flexibility index (Phi) is 6.54. The van der Waals surface area contributed by atoms with Crippen LogP contribution in [0.3, 0.4) is 0 Å². The van der Waals surface area contributed by atoms with Gasteiger partial charge in [-0.2, -0.15) is 0 Å². The van der Waals surface area contributed by atoms with E-state index in [1.54, 1.807) is 56.3 Å². The van der Waals surface area contributed by atoms with Crippen molar-refractivity contribution in [1.82, 2.24) is 4.57 Å². The molecule has 1 atom stereocenters. The van der Waals surface area contributed by atoms with Gasteiger partial charge in [-0.3, -0.25) is 19.5 Å². The van der Waals surface area contributed by atoms with Crippen LogP contribution in [0.25, 0.3) is 17.4 Å². The number of fused-ring (bicyclic) bond motifs is 2. The van der Waals surface area contributed by atoms with E-state index >= 15 is 0 Å². The number of thiazole rings is 1. The summed E-state index contributed by atoms with van der Waals surface area (Å²) in [7, 11) is 0. The molecule has 2 aliphatic rings. The van der Waals surface area contributed by atoms with Crippen molar-refractivity contribution in [2.24, 2.45) is 4.99 Å². The lowest BCUT2D eigenvalue weighted by Gasteiger charge is -2.24. The molecule has 41 heavy (non-hydrogen) atoms. The van der Waals surface area contributed by atoms with E-state index in [-0.39, 0.29) is 30.2 Å². The number of benzene rings is 2. The van der Waals surface area contributed by atoms with Crippen LogP contribution in [0.2, 0.25) is 0 Å². The highest BCUT2D eigenvalue weighted by atomic mass is 32.1. The van der Waals surface area contributed by atoms with E-state index in [0.717, 1.165) is 16.9 Å². The van der Waals surface area contributed by atoms with Crippen LogP contribution in [0.15, 0.2) is 74.0 Å². The van der Waals surface area contributed by atoms with Crippen LogP contribution in [0, 0.1) is 17.0 Å². The van der Waals surface area contributed by atoms with Crippen molar-refractivity contribution in [3.8, 4) is 22.8 Å². The van der Waals surface area contributed by atoms with Crippen molar-refractivity contribution in [2.75, 3.05) is 13.4 Å². The number of carbonyl (C=O) groups excluding carboxylic acids is 1. The van der Waals surface area contributed by atoms with Crippen molar-refractivity contribution in [1.29, 1.82) is 0 Å². The summed E-state index contributed by atoms with van der Waals surface area (Å²) in [5.74, 6) is 1.35. The fourth-order valence-corrected chi connectivity index (χ4v) is 5.91. The highest BCUT2D eigenvalue weighted by molar-refractivity contribution is 7.07. The summed E-state index contributed by atoms with van der Waals surface area (Å²) in [6.07, 6.45) is 1.60. The van der Waals surface area contributed by atoms with E-state index in [9.17, 15) is 19.7 Å². The molecular formula is C29H23N3O8S. The first-order valence-corrected chi connectivity index (χ1v) is 13.5. The zero-order valence-corrected chi connectivity index (χ0v) is 23.0. The maximum Gasteiger partial charge on any atom is 0.338 e. The molecule has 2 aromatic heterocycles. The first-order valence-electron chi connectivity index (χ1n) is 12.7. The molecule has 4 aromatic rings. The number of rotatable bonds is 6. The fourth-order valence-electron chi connectivity index (χ4n) is 4.88. The van der Waals surface area contributed by atoms with Crippen molar-refractivity contribution in [3.05, 3.63) is 106 Å². The highest BCUT2D eigenvalue weighted by Gasteiger charge is 2.34. The number of carbonyl (C=O) groups is 1. The van der Waals surface area contributed by atoms with Crippen LogP contribution in [0.5, 0.6) is 11.5 Å². The molecule has 0 unspecified atom stereocenters. The maximum atomic E-state index is 13.9. The summed E-state index contributed by atoms with van der Waals surface area (Å²) in [6.45, 7) is 5.51. The molecule has 0 N–H and O–H groups in total. The minimum absolute atomic E-state index is 0.0480. The molecule has 0 spiro atoms. The van der Waals surface area contributed by atoms with Crippen LogP contribution >= 0.6 is 11.3 Å². The molecule has 0 aliphatic carbocycles. The number of aromatic nitrogens is 1. The van der Waals surface area contributed by atoms with Crippen molar-refractivity contribution in [2.45, 2.75) is 26.8 Å². The molecule has 208 valence electrons. The molecule has 11 nitrogen and oxygen atoms in total. The van der Waals surface area contributed by atoms with Crippen LogP contribution in [-0.2, 0) is 9.53 Å². The molecule has 0 radical (unpaired) electrons. The van der Waals surface area contributed by atoms with Gasteiger partial charge in [-0.05, 0) is 56.2 Å². The number of allylic oxidation sites excluding steroid dienone is 1. The topological polar surface area (TPSA) is 135 Å². The third-order valence-corrected chi connectivity index (χ3v) is 7.81. The molecule has 4 heterocycles.